The van der Waals surface area contributed by atoms with Gasteiger partial charge >= 0.3 is 0 Å². The lowest BCUT2D eigenvalue weighted by atomic mass is 10.3. The van der Waals surface area contributed by atoms with Crippen LogP contribution in [0.2, 0.25) is 0 Å². The van der Waals surface area contributed by atoms with Gasteiger partial charge in [-0.3, -0.25) is 9.67 Å². The summed E-state index contributed by atoms with van der Waals surface area (Å²) < 4.78 is 4.00. The maximum atomic E-state index is 4.60. The number of nitrogens with zero attached hydrogens (tertiary/aromatic N) is 6. The third-order valence-corrected chi connectivity index (χ3v) is 4.14. The number of hydrogen-bond acceptors (Lipinski definition) is 4. The van der Waals surface area contributed by atoms with Crippen LogP contribution in [0.1, 0.15) is 18.1 Å². The predicted molar refractivity (Wildman–Crippen MR) is 114 cm³/mol. The van der Waals surface area contributed by atoms with Crippen molar-refractivity contribution in [3.63, 3.8) is 0 Å². The maximum Gasteiger partial charge on any atom is 0.191 e. The molecule has 0 unspecified atom stereocenters. The standard InChI is InChI=1S/C17H24N8.HI/c1-13-23-14-7-4-5-8-15(14)25(13)10-6-9-19-17(18-2)20-11-16-21-12-22-24(16)3;/h4-5,7-8,12H,6,9-11H2,1-3H3,(H2,18,19,20);1H. The second-order valence-electron chi connectivity index (χ2n) is 5.81. The fourth-order valence-electron chi connectivity index (χ4n) is 2.79. The molecule has 0 spiro atoms. The van der Waals surface area contributed by atoms with Crippen molar-refractivity contribution in [3.8, 4) is 0 Å². The van der Waals surface area contributed by atoms with Crippen molar-refractivity contribution in [1.29, 1.82) is 0 Å². The van der Waals surface area contributed by atoms with E-state index >= 15 is 0 Å². The lowest BCUT2D eigenvalue weighted by Gasteiger charge is -2.12. The number of imidazole rings is 1. The van der Waals surface area contributed by atoms with E-state index in [9.17, 15) is 0 Å². The van der Waals surface area contributed by atoms with Crippen LogP contribution in [-0.2, 0) is 20.1 Å². The summed E-state index contributed by atoms with van der Waals surface area (Å²) in [5.41, 5.74) is 2.24. The van der Waals surface area contributed by atoms with Gasteiger partial charge in [0.2, 0.25) is 0 Å². The van der Waals surface area contributed by atoms with Crippen LogP contribution in [0.25, 0.3) is 11.0 Å². The topological polar surface area (TPSA) is 84.9 Å². The first kappa shape index (κ1) is 20.1. The zero-order valence-corrected chi connectivity index (χ0v) is 17.6. The van der Waals surface area contributed by atoms with E-state index in [1.165, 1.54) is 5.52 Å². The number of rotatable bonds is 6. The molecule has 0 amide bonds. The van der Waals surface area contributed by atoms with Crippen LogP contribution in [0.3, 0.4) is 0 Å². The molecule has 2 N–H and O–H groups in total. The van der Waals surface area contributed by atoms with Crippen LogP contribution in [0.5, 0.6) is 0 Å². The average molecular weight is 468 g/mol. The molecule has 2 aromatic heterocycles. The molecule has 0 atom stereocenters. The first-order valence-electron chi connectivity index (χ1n) is 8.38. The molecule has 0 aliphatic carbocycles. The number of guanidine groups is 1. The number of para-hydroxylation sites is 2. The van der Waals surface area contributed by atoms with Gasteiger partial charge in [-0.1, -0.05) is 12.1 Å². The number of hydrogen-bond donors (Lipinski definition) is 2. The van der Waals surface area contributed by atoms with Crippen molar-refractivity contribution in [1.82, 2.24) is 34.9 Å². The maximum absolute atomic E-state index is 4.60. The molecule has 8 nitrogen and oxygen atoms in total. The highest BCUT2D eigenvalue weighted by atomic mass is 127. The van der Waals surface area contributed by atoms with Gasteiger partial charge < -0.3 is 15.2 Å². The molecule has 0 aliphatic rings. The minimum absolute atomic E-state index is 0. The number of aryl methyl sites for hydroxylation is 3. The van der Waals surface area contributed by atoms with Crippen molar-refractivity contribution >= 4 is 41.0 Å². The van der Waals surface area contributed by atoms with Crippen molar-refractivity contribution in [2.24, 2.45) is 12.0 Å². The van der Waals surface area contributed by atoms with E-state index in [1.807, 2.05) is 13.1 Å². The zero-order chi connectivity index (χ0) is 17.6. The fraction of sp³-hybridized carbons (Fsp3) is 0.412. The normalized spacial score (nSPS) is 11.4. The molecule has 0 bridgehead atoms. The second kappa shape index (κ2) is 9.51. The highest BCUT2D eigenvalue weighted by Gasteiger charge is 2.06. The van der Waals surface area contributed by atoms with Crippen molar-refractivity contribution < 1.29 is 0 Å². The Hall–Kier alpha value is -2.17. The van der Waals surface area contributed by atoms with Gasteiger partial charge in [-0.05, 0) is 25.5 Å². The molecule has 3 aromatic rings. The summed E-state index contributed by atoms with van der Waals surface area (Å²) in [6, 6.07) is 8.24. The Morgan fingerprint density at radius 2 is 2.04 bits per heavy atom. The summed E-state index contributed by atoms with van der Waals surface area (Å²) in [6.45, 7) is 4.38. The molecule has 0 saturated carbocycles. The monoisotopic (exact) mass is 468 g/mol. The number of halogens is 1. The van der Waals surface area contributed by atoms with Gasteiger partial charge in [-0.2, -0.15) is 5.10 Å². The SMILES string of the molecule is CN=C(NCCCn1c(C)nc2ccccc21)NCc1ncnn1C.I. The Morgan fingerprint density at radius 3 is 2.77 bits per heavy atom. The lowest BCUT2D eigenvalue weighted by molar-refractivity contribution is 0.620. The summed E-state index contributed by atoms with van der Waals surface area (Å²) in [7, 11) is 3.64. The average Bonchev–Trinajstić information content (AvgIpc) is 3.17. The van der Waals surface area contributed by atoms with Crippen molar-refractivity contribution in [2.45, 2.75) is 26.4 Å². The highest BCUT2D eigenvalue weighted by Crippen LogP contribution is 2.15. The van der Waals surface area contributed by atoms with Crippen molar-refractivity contribution in [3.05, 3.63) is 42.2 Å². The van der Waals surface area contributed by atoms with Gasteiger partial charge in [0.05, 0.1) is 17.6 Å². The van der Waals surface area contributed by atoms with Crippen LogP contribution in [0, 0.1) is 6.92 Å². The molecule has 2 heterocycles. The van der Waals surface area contributed by atoms with Gasteiger partial charge in [0.1, 0.15) is 18.0 Å². The number of benzene rings is 1. The summed E-state index contributed by atoms with van der Waals surface area (Å²) >= 11 is 0. The first-order valence-corrected chi connectivity index (χ1v) is 8.38. The largest absolute Gasteiger partial charge is 0.356 e. The van der Waals surface area contributed by atoms with E-state index in [1.54, 1.807) is 18.1 Å². The predicted octanol–water partition coefficient (Wildman–Crippen LogP) is 1.85. The highest BCUT2D eigenvalue weighted by molar-refractivity contribution is 14.0. The third kappa shape index (κ3) is 4.71. The quantitative estimate of drug-likeness (QED) is 0.250. The van der Waals surface area contributed by atoms with Crippen LogP contribution in [0.4, 0.5) is 0 Å². The molecule has 3 rings (SSSR count). The van der Waals surface area contributed by atoms with E-state index in [4.69, 9.17) is 0 Å². The summed E-state index contributed by atoms with van der Waals surface area (Å²) in [4.78, 5) is 13.0. The van der Waals surface area contributed by atoms with Crippen LogP contribution in [0.15, 0.2) is 35.6 Å². The van der Waals surface area contributed by atoms with Gasteiger partial charge in [-0.25, -0.2) is 9.97 Å². The van der Waals surface area contributed by atoms with Gasteiger partial charge in [-0.15, -0.1) is 24.0 Å². The Kier molecular flexibility index (Phi) is 7.37. The molecule has 0 radical (unpaired) electrons. The lowest BCUT2D eigenvalue weighted by Crippen LogP contribution is -2.38. The third-order valence-electron chi connectivity index (χ3n) is 4.14. The van der Waals surface area contributed by atoms with Crippen LogP contribution < -0.4 is 10.6 Å². The van der Waals surface area contributed by atoms with Crippen LogP contribution in [-0.4, -0.2) is 43.9 Å². The van der Waals surface area contributed by atoms with Gasteiger partial charge in [0.15, 0.2) is 5.96 Å². The fourth-order valence-corrected chi connectivity index (χ4v) is 2.79. The Bertz CT molecular complexity index is 867. The van der Waals surface area contributed by atoms with E-state index in [0.29, 0.717) is 6.54 Å². The van der Waals surface area contributed by atoms with Crippen molar-refractivity contribution in [2.75, 3.05) is 13.6 Å². The Balaban J connectivity index is 0.00000243. The summed E-state index contributed by atoms with van der Waals surface area (Å²) in [5.74, 6) is 2.67. The summed E-state index contributed by atoms with van der Waals surface area (Å²) in [5, 5.41) is 10.6. The van der Waals surface area contributed by atoms with Gasteiger partial charge in [0, 0.05) is 27.2 Å². The Labute approximate surface area is 170 Å². The molecule has 26 heavy (non-hydrogen) atoms. The number of fused-ring (bicyclic) bond motifs is 1. The molecule has 140 valence electrons. The molecule has 0 saturated heterocycles. The van der Waals surface area contributed by atoms with E-state index < -0.39 is 0 Å². The molecule has 9 heteroatoms. The zero-order valence-electron chi connectivity index (χ0n) is 15.3. The first-order chi connectivity index (χ1) is 12.2. The number of nitrogens with one attached hydrogen (secondary N) is 2. The molecular weight excluding hydrogens is 443 g/mol. The van der Waals surface area contributed by atoms with E-state index in [-0.39, 0.29) is 24.0 Å². The second-order valence-corrected chi connectivity index (χ2v) is 5.81. The molecular formula is C17H25IN8. The molecule has 1 aromatic carbocycles. The van der Waals surface area contributed by atoms with E-state index in [0.717, 1.165) is 42.6 Å². The number of aromatic nitrogens is 5. The molecule has 0 fully saturated rings. The minimum Gasteiger partial charge on any atom is -0.356 e. The summed E-state index contributed by atoms with van der Waals surface area (Å²) in [6.07, 6.45) is 2.52. The van der Waals surface area contributed by atoms with Gasteiger partial charge in [0.25, 0.3) is 0 Å². The van der Waals surface area contributed by atoms with E-state index in [2.05, 4.69) is 60.4 Å². The number of aliphatic imine (C=N–C) groups is 1. The smallest absolute Gasteiger partial charge is 0.191 e. The van der Waals surface area contributed by atoms with Crippen LogP contribution >= 0.6 is 24.0 Å². The molecule has 0 aliphatic heterocycles. The Morgan fingerprint density at radius 1 is 1.23 bits per heavy atom. The minimum atomic E-state index is 0.